The van der Waals surface area contributed by atoms with Gasteiger partial charge in [0, 0.05) is 47.4 Å². The van der Waals surface area contributed by atoms with E-state index < -0.39 is 5.97 Å². The summed E-state index contributed by atoms with van der Waals surface area (Å²) in [5.74, 6) is 4.31. The standard InChI is InChI=1S/2C22H37NO2.C2H4O2.CH4.ClH/c2*1-13-6-7-15-18-16(9-11-21(13,15)2)22(3)10-8-14(23)12-17(22)19(24-4)20(18)25-5;1-2(3)4;;/h2*14-20H,1,6-12,23H2,2-5H3;1H3,(H,3,4);1H4;1H/t2*14-,15?,16?,17?,18?,19-,20-,21-,22-;;;/m11.../s1. The van der Waals surface area contributed by atoms with Gasteiger partial charge in [-0.05, 0) is 159 Å². The minimum atomic E-state index is -0.833. The summed E-state index contributed by atoms with van der Waals surface area (Å²) < 4.78 is 24.6. The van der Waals surface area contributed by atoms with Crippen molar-refractivity contribution in [3.05, 3.63) is 24.3 Å². The molecule has 9 heteroatoms. The second-order valence-corrected chi connectivity index (χ2v) is 20.4. The molecule has 8 aliphatic rings. The lowest BCUT2D eigenvalue weighted by Crippen LogP contribution is -2.65. The molecule has 0 aliphatic heterocycles. The Morgan fingerprint density at radius 3 is 1.21 bits per heavy atom. The van der Waals surface area contributed by atoms with E-state index in [1.807, 2.05) is 28.4 Å². The van der Waals surface area contributed by atoms with Crippen molar-refractivity contribution >= 4 is 18.4 Å². The number of carbonyl (C=O) groups is 1. The molecule has 0 heterocycles. The third-order valence-electron chi connectivity index (χ3n) is 18.5. The van der Waals surface area contributed by atoms with Crippen LogP contribution in [0, 0.1) is 69.0 Å². The van der Waals surface area contributed by atoms with Crippen LogP contribution in [0.4, 0.5) is 0 Å². The Morgan fingerprint density at radius 1 is 0.589 bits per heavy atom. The van der Waals surface area contributed by atoms with Crippen molar-refractivity contribution in [2.45, 2.75) is 168 Å². The summed E-state index contributed by atoms with van der Waals surface area (Å²) in [6.45, 7) is 20.0. The van der Waals surface area contributed by atoms with E-state index in [0.717, 1.165) is 31.6 Å². The number of ether oxygens (including phenoxy) is 4. The topological polar surface area (TPSA) is 126 Å². The van der Waals surface area contributed by atoms with Crippen LogP contribution < -0.4 is 11.5 Å². The highest BCUT2D eigenvalue weighted by molar-refractivity contribution is 5.85. The lowest BCUT2D eigenvalue weighted by atomic mass is 9.43. The fraction of sp³-hybridized carbons (Fsp3) is 0.894. The third kappa shape index (κ3) is 7.64. The summed E-state index contributed by atoms with van der Waals surface area (Å²) in [6.07, 6.45) is 18.0. The first-order chi connectivity index (χ1) is 25.5. The van der Waals surface area contributed by atoms with E-state index in [1.165, 1.54) is 88.2 Å². The lowest BCUT2D eigenvalue weighted by Gasteiger charge is -2.64. The zero-order valence-electron chi connectivity index (χ0n) is 35.9. The summed E-state index contributed by atoms with van der Waals surface area (Å²) >= 11 is 0. The average molecular weight is 808 g/mol. The molecular formula is C47H83ClN2O6. The number of carboxylic acids is 1. The molecule has 0 aromatic rings. The number of fused-ring (bicyclic) bond motifs is 10. The number of halogens is 1. The Hall–Kier alpha value is -1.00. The number of hydrogen-bond donors (Lipinski definition) is 3. The molecule has 0 aromatic heterocycles. The Balaban J connectivity index is 0.000000220. The summed E-state index contributed by atoms with van der Waals surface area (Å²) in [7, 11) is 7.56. The van der Waals surface area contributed by atoms with Crippen LogP contribution in [-0.2, 0) is 23.7 Å². The van der Waals surface area contributed by atoms with Gasteiger partial charge in [-0.15, -0.1) is 12.4 Å². The second-order valence-electron chi connectivity index (χ2n) is 20.4. The summed E-state index contributed by atoms with van der Waals surface area (Å²) in [6, 6.07) is 0.648. The van der Waals surface area contributed by atoms with Crippen LogP contribution in [0.25, 0.3) is 0 Å². The maximum Gasteiger partial charge on any atom is 0.300 e. The molecule has 0 aromatic carbocycles. The minimum Gasteiger partial charge on any atom is -0.481 e. The molecule has 0 saturated heterocycles. The highest BCUT2D eigenvalue weighted by atomic mass is 35.5. The fourth-order valence-corrected chi connectivity index (χ4v) is 15.5. The summed E-state index contributed by atoms with van der Waals surface area (Å²) in [4.78, 5) is 9.00. The average Bonchev–Trinajstić information content (AvgIpc) is 3.61. The van der Waals surface area contributed by atoms with E-state index in [-0.39, 0.29) is 44.2 Å². The van der Waals surface area contributed by atoms with Gasteiger partial charge in [-0.3, -0.25) is 4.79 Å². The van der Waals surface area contributed by atoms with Crippen LogP contribution in [0.2, 0.25) is 0 Å². The molecule has 0 spiro atoms. The number of methoxy groups -OCH3 is 4. The van der Waals surface area contributed by atoms with Crippen LogP contribution in [-0.4, -0.2) is 76.0 Å². The number of allylic oxidation sites excluding steroid dienone is 2. The van der Waals surface area contributed by atoms with E-state index >= 15 is 0 Å². The Morgan fingerprint density at radius 2 is 0.911 bits per heavy atom. The van der Waals surface area contributed by atoms with Crippen molar-refractivity contribution in [1.29, 1.82) is 0 Å². The molecule has 8 unspecified atom stereocenters. The second kappa shape index (κ2) is 17.9. The van der Waals surface area contributed by atoms with E-state index in [1.54, 1.807) is 0 Å². The van der Waals surface area contributed by atoms with Crippen molar-refractivity contribution in [2.75, 3.05) is 28.4 Å². The van der Waals surface area contributed by atoms with Crippen molar-refractivity contribution in [3.63, 3.8) is 0 Å². The van der Waals surface area contributed by atoms with Gasteiger partial charge < -0.3 is 35.5 Å². The van der Waals surface area contributed by atoms with Crippen molar-refractivity contribution in [2.24, 2.45) is 80.5 Å². The molecule has 0 amide bonds. The van der Waals surface area contributed by atoms with Crippen molar-refractivity contribution in [3.8, 4) is 0 Å². The molecule has 8 saturated carbocycles. The molecule has 8 aliphatic carbocycles. The van der Waals surface area contributed by atoms with Crippen LogP contribution in [0.1, 0.15) is 132 Å². The number of aliphatic carboxylic acids is 1. The third-order valence-corrected chi connectivity index (χ3v) is 18.5. The van der Waals surface area contributed by atoms with E-state index in [0.29, 0.717) is 69.3 Å². The molecule has 18 atom stereocenters. The monoisotopic (exact) mass is 807 g/mol. The molecule has 8 rings (SSSR count). The van der Waals surface area contributed by atoms with E-state index in [9.17, 15) is 0 Å². The molecule has 0 bridgehead atoms. The fourth-order valence-electron chi connectivity index (χ4n) is 15.5. The molecule has 5 N–H and O–H groups in total. The van der Waals surface area contributed by atoms with Gasteiger partial charge in [-0.1, -0.05) is 59.4 Å². The van der Waals surface area contributed by atoms with Gasteiger partial charge in [0.1, 0.15) is 0 Å². The molecule has 8 fully saturated rings. The maximum absolute atomic E-state index is 9.00. The van der Waals surface area contributed by atoms with Gasteiger partial charge in [-0.25, -0.2) is 0 Å². The number of carboxylic acid groups (broad SMARTS) is 1. The smallest absolute Gasteiger partial charge is 0.300 e. The molecule has 8 nitrogen and oxygen atoms in total. The first-order valence-corrected chi connectivity index (χ1v) is 21.6. The summed E-state index contributed by atoms with van der Waals surface area (Å²) in [5.41, 5.74) is 17.1. The van der Waals surface area contributed by atoms with Crippen LogP contribution in [0.5, 0.6) is 0 Å². The summed E-state index contributed by atoms with van der Waals surface area (Å²) in [5, 5.41) is 7.42. The van der Waals surface area contributed by atoms with Gasteiger partial charge in [0.25, 0.3) is 5.97 Å². The van der Waals surface area contributed by atoms with E-state index in [4.69, 9.17) is 40.3 Å². The van der Waals surface area contributed by atoms with Crippen LogP contribution in [0.15, 0.2) is 24.3 Å². The highest BCUT2D eigenvalue weighted by Gasteiger charge is 2.66. The molecule has 0 radical (unpaired) electrons. The number of rotatable bonds is 4. The van der Waals surface area contributed by atoms with Gasteiger partial charge in [0.2, 0.25) is 0 Å². The first-order valence-electron chi connectivity index (χ1n) is 21.6. The van der Waals surface area contributed by atoms with Crippen LogP contribution in [0.3, 0.4) is 0 Å². The van der Waals surface area contributed by atoms with Crippen LogP contribution >= 0.6 is 12.4 Å². The number of nitrogens with two attached hydrogens (primary N) is 2. The molecular weight excluding hydrogens is 724 g/mol. The van der Waals surface area contributed by atoms with Gasteiger partial charge in [0.05, 0.1) is 24.4 Å². The largest absolute Gasteiger partial charge is 0.481 e. The zero-order valence-corrected chi connectivity index (χ0v) is 36.8. The minimum absolute atomic E-state index is 0. The Labute approximate surface area is 347 Å². The molecule has 324 valence electrons. The highest BCUT2D eigenvalue weighted by Crippen LogP contribution is 2.69. The Kier molecular flexibility index (Phi) is 15.3. The van der Waals surface area contributed by atoms with E-state index in [2.05, 4.69) is 40.9 Å². The van der Waals surface area contributed by atoms with Gasteiger partial charge >= 0.3 is 0 Å². The quantitative estimate of drug-likeness (QED) is 0.240. The maximum atomic E-state index is 9.00. The lowest BCUT2D eigenvalue weighted by molar-refractivity contribution is -0.225. The normalized spacial score (nSPS) is 49.9. The van der Waals surface area contributed by atoms with Crippen molar-refractivity contribution < 1.29 is 28.8 Å². The van der Waals surface area contributed by atoms with Crippen molar-refractivity contribution in [1.82, 2.24) is 0 Å². The first kappa shape index (κ1) is 47.7. The van der Waals surface area contributed by atoms with Gasteiger partial charge in [-0.2, -0.15) is 0 Å². The zero-order chi connectivity index (χ0) is 39.5. The molecule has 56 heavy (non-hydrogen) atoms. The number of hydrogen-bond acceptors (Lipinski definition) is 7. The van der Waals surface area contributed by atoms with Gasteiger partial charge in [0.15, 0.2) is 0 Å². The Bertz CT molecular complexity index is 1300. The SMILES string of the molecule is C.C=C1CCC2C3C(CC[C@]12C)[C@@]1(C)CC[C@@H](N)CC1[C@@H](OC)[C@@H]3OC.C=C1CCC2C3C(CC[C@]12C)[C@@]1(C)CC[C@@H](N)CC1[C@@H](OC)[C@@H]3OC.CC(=O)O.Cl. The predicted molar refractivity (Wildman–Crippen MR) is 230 cm³/mol. The predicted octanol–water partition coefficient (Wildman–Crippen LogP) is 9.47.